The molecule has 0 spiro atoms. The average molecular weight is 517 g/mol. The van der Waals surface area contributed by atoms with Crippen LogP contribution in [0.15, 0.2) is 44.8 Å². The van der Waals surface area contributed by atoms with Crippen molar-refractivity contribution in [2.45, 2.75) is 101 Å². The van der Waals surface area contributed by atoms with Gasteiger partial charge in [0.15, 0.2) is 0 Å². The molecule has 0 radical (unpaired) electrons. The predicted octanol–water partition coefficient (Wildman–Crippen LogP) is 3.55. The first-order valence-electron chi connectivity index (χ1n) is 14.5. The summed E-state index contributed by atoms with van der Waals surface area (Å²) in [5.74, 6) is 1.71. The Hall–Kier alpha value is -3.07. The van der Waals surface area contributed by atoms with Crippen LogP contribution in [0.3, 0.4) is 0 Å². The molecular weight excluding hydrogens is 480 g/mol. The van der Waals surface area contributed by atoms with Gasteiger partial charge in [0.1, 0.15) is 6.20 Å². The monoisotopic (exact) mass is 516 g/mol. The number of rotatable bonds is 3. The van der Waals surface area contributed by atoms with Crippen LogP contribution >= 0.6 is 0 Å². The van der Waals surface area contributed by atoms with Gasteiger partial charge in [-0.25, -0.2) is 9.78 Å². The summed E-state index contributed by atoms with van der Waals surface area (Å²) >= 11 is 0. The summed E-state index contributed by atoms with van der Waals surface area (Å²) in [5, 5.41) is 3.94. The minimum atomic E-state index is -0.755. The average Bonchev–Trinajstić information content (AvgIpc) is 3.07. The zero-order chi connectivity index (χ0) is 25.8. The lowest BCUT2D eigenvalue weighted by atomic mass is 9.73. The highest BCUT2D eigenvalue weighted by atomic mass is 16.2. The van der Waals surface area contributed by atoms with Crippen molar-refractivity contribution in [3.05, 3.63) is 61.7 Å². The molecule has 9 heteroatoms. The van der Waals surface area contributed by atoms with Gasteiger partial charge in [-0.05, 0) is 68.9 Å². The van der Waals surface area contributed by atoms with Gasteiger partial charge in [-0.1, -0.05) is 44.2 Å². The Morgan fingerprint density at radius 2 is 1.47 bits per heavy atom. The fourth-order valence-electron chi connectivity index (χ4n) is 8.45. The smallest absolute Gasteiger partial charge is 0.300 e. The van der Waals surface area contributed by atoms with E-state index in [-0.39, 0.29) is 17.4 Å². The second-order valence-electron chi connectivity index (χ2n) is 12.1. The Labute approximate surface area is 220 Å². The summed E-state index contributed by atoms with van der Waals surface area (Å²) in [4.78, 5) is 47.8. The van der Waals surface area contributed by atoms with Crippen molar-refractivity contribution in [1.82, 2.24) is 29.2 Å². The number of piperidine rings is 2. The molecule has 9 nitrogen and oxygen atoms in total. The van der Waals surface area contributed by atoms with Crippen molar-refractivity contribution in [2.75, 3.05) is 0 Å². The van der Waals surface area contributed by atoms with Gasteiger partial charge in [-0.15, -0.1) is 0 Å². The van der Waals surface area contributed by atoms with E-state index in [2.05, 4.69) is 20.0 Å². The Morgan fingerprint density at radius 1 is 0.763 bits per heavy atom. The van der Waals surface area contributed by atoms with Crippen LogP contribution in [-0.4, -0.2) is 47.3 Å². The van der Waals surface area contributed by atoms with Crippen LogP contribution in [0.5, 0.6) is 0 Å². The van der Waals surface area contributed by atoms with Crippen LogP contribution in [0, 0.1) is 11.8 Å². The SMILES string of the molecule is O=c1cnn(-c2nc3ccccc3n(C3CC4CCCC(C3)N4C3CC4CCCCC(C4)C3)c2=O)c(=O)[nH]1. The quantitative estimate of drug-likeness (QED) is 0.571. The maximum Gasteiger partial charge on any atom is 0.351 e. The molecule has 4 atom stereocenters. The van der Waals surface area contributed by atoms with Crippen LogP contribution in [0.2, 0.25) is 0 Å². The Morgan fingerprint density at radius 3 is 2.18 bits per heavy atom. The van der Waals surface area contributed by atoms with E-state index in [1.54, 1.807) is 0 Å². The van der Waals surface area contributed by atoms with Gasteiger partial charge >= 0.3 is 5.69 Å². The lowest BCUT2D eigenvalue weighted by molar-refractivity contribution is -0.0420. The van der Waals surface area contributed by atoms with Gasteiger partial charge in [0.2, 0.25) is 5.82 Å². The van der Waals surface area contributed by atoms with E-state index in [1.165, 1.54) is 64.2 Å². The maximum atomic E-state index is 14.0. The number of aromatic nitrogens is 5. The van der Waals surface area contributed by atoms with Crippen molar-refractivity contribution >= 4 is 11.0 Å². The van der Waals surface area contributed by atoms with Gasteiger partial charge in [0.25, 0.3) is 11.1 Å². The lowest BCUT2D eigenvalue weighted by Gasteiger charge is -2.54. The van der Waals surface area contributed by atoms with Crippen molar-refractivity contribution in [3.63, 3.8) is 0 Å². The number of nitrogens with one attached hydrogen (secondary N) is 1. The normalized spacial score (nSPS) is 31.7. The summed E-state index contributed by atoms with van der Waals surface area (Å²) in [6, 6.07) is 9.31. The Bertz CT molecular complexity index is 1500. The second kappa shape index (κ2) is 9.59. The van der Waals surface area contributed by atoms with Crippen molar-refractivity contribution in [2.24, 2.45) is 11.8 Å². The topological polar surface area (TPSA) is 106 Å². The summed E-state index contributed by atoms with van der Waals surface area (Å²) in [6.07, 6.45) is 16.2. The Kier molecular flexibility index (Phi) is 6.06. The third-order valence-corrected chi connectivity index (χ3v) is 9.84. The molecule has 1 aromatic carbocycles. The van der Waals surface area contributed by atoms with E-state index in [0.29, 0.717) is 23.6 Å². The van der Waals surface area contributed by atoms with E-state index in [4.69, 9.17) is 0 Å². The van der Waals surface area contributed by atoms with E-state index < -0.39 is 11.2 Å². The van der Waals surface area contributed by atoms with Crippen LogP contribution in [-0.2, 0) is 0 Å². The largest absolute Gasteiger partial charge is 0.351 e. The van der Waals surface area contributed by atoms with Gasteiger partial charge in [0, 0.05) is 24.2 Å². The lowest BCUT2D eigenvalue weighted by Crippen LogP contribution is -2.58. The third kappa shape index (κ3) is 4.15. The number of para-hydroxylation sites is 2. The number of aromatic amines is 1. The number of hydrogen-bond donors (Lipinski definition) is 1. The number of H-pyrrole nitrogens is 1. The van der Waals surface area contributed by atoms with E-state index in [1.807, 2.05) is 28.8 Å². The number of hydrogen-bond acceptors (Lipinski definition) is 6. The molecule has 2 aromatic heterocycles. The molecule has 2 saturated carbocycles. The molecule has 2 saturated heterocycles. The first-order valence-corrected chi connectivity index (χ1v) is 14.5. The standard InChI is InChI=1S/C29H36N6O3/c36-26-17-30-35(29(38)32-26)27-28(37)34(25-11-4-3-10-24(25)31-27)23-15-20-8-5-9-21(16-23)33(20)22-13-18-6-1-2-7-19(12-18)14-22/h3-4,10-11,17-23H,1-2,5-9,12-16H2,(H,32,36,38). The van der Waals surface area contributed by atoms with Gasteiger partial charge in [-0.2, -0.15) is 9.78 Å². The molecule has 4 bridgehead atoms. The molecule has 7 rings (SSSR count). The van der Waals surface area contributed by atoms with Crippen LogP contribution < -0.4 is 16.8 Å². The number of benzene rings is 1. The first kappa shape index (κ1) is 24.0. The molecule has 200 valence electrons. The summed E-state index contributed by atoms with van der Waals surface area (Å²) in [7, 11) is 0. The van der Waals surface area contributed by atoms with Crippen LogP contribution in [0.1, 0.15) is 83.1 Å². The summed E-state index contributed by atoms with van der Waals surface area (Å²) in [5.41, 5.74) is -0.250. The summed E-state index contributed by atoms with van der Waals surface area (Å²) < 4.78 is 2.80. The van der Waals surface area contributed by atoms with Gasteiger partial charge in [0.05, 0.1) is 11.0 Å². The van der Waals surface area contributed by atoms with E-state index in [9.17, 15) is 14.4 Å². The summed E-state index contributed by atoms with van der Waals surface area (Å²) in [6.45, 7) is 0. The van der Waals surface area contributed by atoms with Crippen LogP contribution in [0.4, 0.5) is 0 Å². The van der Waals surface area contributed by atoms with Crippen LogP contribution in [0.25, 0.3) is 16.9 Å². The van der Waals surface area contributed by atoms with Crippen molar-refractivity contribution in [3.8, 4) is 5.82 Å². The molecule has 0 amide bonds. The zero-order valence-electron chi connectivity index (χ0n) is 21.8. The predicted molar refractivity (Wildman–Crippen MR) is 145 cm³/mol. The molecule has 4 heterocycles. The Balaban J connectivity index is 1.27. The molecular formula is C29H36N6O3. The molecule has 2 aliphatic heterocycles. The highest BCUT2D eigenvalue weighted by Crippen LogP contribution is 2.46. The maximum absolute atomic E-state index is 14.0. The van der Waals surface area contributed by atoms with Gasteiger partial charge < -0.3 is 4.57 Å². The van der Waals surface area contributed by atoms with Gasteiger partial charge in [-0.3, -0.25) is 19.5 Å². The minimum absolute atomic E-state index is 0.0324. The molecule has 3 aromatic rings. The fraction of sp³-hybridized carbons (Fsp3) is 0.621. The second-order valence-corrected chi connectivity index (χ2v) is 12.1. The fourth-order valence-corrected chi connectivity index (χ4v) is 8.45. The molecule has 4 unspecified atom stereocenters. The minimum Gasteiger partial charge on any atom is -0.300 e. The highest BCUT2D eigenvalue weighted by Gasteiger charge is 2.45. The number of nitrogens with zero attached hydrogens (tertiary/aromatic N) is 5. The third-order valence-electron chi connectivity index (χ3n) is 9.84. The molecule has 38 heavy (non-hydrogen) atoms. The van der Waals surface area contributed by atoms with Crippen molar-refractivity contribution in [1.29, 1.82) is 0 Å². The first-order chi connectivity index (χ1) is 18.5. The molecule has 1 N–H and O–H groups in total. The highest BCUT2D eigenvalue weighted by molar-refractivity contribution is 5.75. The molecule has 4 aliphatic rings. The van der Waals surface area contributed by atoms with E-state index >= 15 is 0 Å². The molecule has 4 fully saturated rings. The molecule has 2 aliphatic carbocycles. The van der Waals surface area contributed by atoms with E-state index in [0.717, 1.165) is 41.1 Å². The number of fused-ring (bicyclic) bond motifs is 5. The van der Waals surface area contributed by atoms with Crippen molar-refractivity contribution < 1.29 is 0 Å². The zero-order valence-corrected chi connectivity index (χ0v) is 21.8.